The molecule has 0 radical (unpaired) electrons. The lowest BCUT2D eigenvalue weighted by atomic mass is 10.1. The standard InChI is InChI=1S/C10H20N2O3S/c11-7-4-2-1-3-5-8-12-9-6-10-16(13,14)15/h12H,1-6,8-10H2,(H,13,14,15). The Morgan fingerprint density at radius 3 is 2.31 bits per heavy atom. The van der Waals surface area contributed by atoms with Crippen LogP contribution in [0, 0.1) is 11.3 Å². The molecule has 0 rings (SSSR count). The zero-order valence-electron chi connectivity index (χ0n) is 9.48. The fraction of sp³-hybridized carbons (Fsp3) is 0.900. The fourth-order valence-electron chi connectivity index (χ4n) is 1.31. The van der Waals surface area contributed by atoms with Crippen LogP contribution in [0.2, 0.25) is 0 Å². The maximum Gasteiger partial charge on any atom is 0.264 e. The van der Waals surface area contributed by atoms with E-state index in [-0.39, 0.29) is 5.75 Å². The second-order valence-corrected chi connectivity index (χ2v) is 5.28. The van der Waals surface area contributed by atoms with Crippen molar-refractivity contribution < 1.29 is 13.0 Å². The second kappa shape index (κ2) is 9.58. The third-order valence-corrected chi connectivity index (χ3v) is 2.95. The van der Waals surface area contributed by atoms with Crippen molar-refractivity contribution in [2.24, 2.45) is 0 Å². The molecule has 0 aliphatic heterocycles. The van der Waals surface area contributed by atoms with Crippen LogP contribution in [0.1, 0.15) is 38.5 Å². The van der Waals surface area contributed by atoms with Crippen molar-refractivity contribution in [1.82, 2.24) is 5.32 Å². The number of rotatable bonds is 10. The fourth-order valence-corrected chi connectivity index (χ4v) is 1.82. The van der Waals surface area contributed by atoms with Gasteiger partial charge in [0.25, 0.3) is 10.1 Å². The molecule has 0 amide bonds. The third-order valence-electron chi connectivity index (χ3n) is 2.15. The Hall–Kier alpha value is -0.640. The Morgan fingerprint density at radius 1 is 1.06 bits per heavy atom. The molecule has 16 heavy (non-hydrogen) atoms. The van der Waals surface area contributed by atoms with E-state index in [0.717, 1.165) is 32.2 Å². The molecular weight excluding hydrogens is 228 g/mol. The summed E-state index contributed by atoms with van der Waals surface area (Å²) in [6, 6.07) is 2.10. The van der Waals surface area contributed by atoms with Crippen molar-refractivity contribution in [3.05, 3.63) is 0 Å². The first-order valence-electron chi connectivity index (χ1n) is 5.59. The summed E-state index contributed by atoms with van der Waals surface area (Å²) in [7, 11) is -3.80. The van der Waals surface area contributed by atoms with Crippen LogP contribution in [-0.2, 0) is 10.1 Å². The van der Waals surface area contributed by atoms with Crippen molar-refractivity contribution in [3.8, 4) is 6.07 Å². The van der Waals surface area contributed by atoms with Gasteiger partial charge in [0.15, 0.2) is 0 Å². The first-order valence-corrected chi connectivity index (χ1v) is 7.20. The average molecular weight is 248 g/mol. The minimum Gasteiger partial charge on any atom is -0.317 e. The van der Waals surface area contributed by atoms with Gasteiger partial charge in [-0.2, -0.15) is 13.7 Å². The molecule has 0 bridgehead atoms. The van der Waals surface area contributed by atoms with Crippen molar-refractivity contribution in [1.29, 1.82) is 5.26 Å². The van der Waals surface area contributed by atoms with Crippen LogP contribution in [0.15, 0.2) is 0 Å². The topological polar surface area (TPSA) is 90.2 Å². The Kier molecular flexibility index (Phi) is 9.19. The lowest BCUT2D eigenvalue weighted by Gasteiger charge is -2.03. The van der Waals surface area contributed by atoms with E-state index in [1.54, 1.807) is 0 Å². The summed E-state index contributed by atoms with van der Waals surface area (Å²) < 4.78 is 29.2. The quantitative estimate of drug-likeness (QED) is 0.449. The van der Waals surface area contributed by atoms with E-state index in [1.165, 1.54) is 0 Å². The first kappa shape index (κ1) is 15.4. The van der Waals surface area contributed by atoms with Gasteiger partial charge < -0.3 is 5.32 Å². The molecule has 0 aromatic carbocycles. The van der Waals surface area contributed by atoms with E-state index < -0.39 is 10.1 Å². The molecule has 0 aromatic heterocycles. The van der Waals surface area contributed by atoms with Gasteiger partial charge in [-0.1, -0.05) is 12.8 Å². The van der Waals surface area contributed by atoms with Crippen molar-refractivity contribution in [2.75, 3.05) is 18.8 Å². The highest BCUT2D eigenvalue weighted by Crippen LogP contribution is 2.01. The van der Waals surface area contributed by atoms with Crippen LogP contribution in [0.5, 0.6) is 0 Å². The third kappa shape index (κ3) is 13.4. The molecular formula is C10H20N2O3S. The molecule has 0 fully saturated rings. The Balaban J connectivity index is 3.08. The van der Waals surface area contributed by atoms with E-state index in [2.05, 4.69) is 11.4 Å². The summed E-state index contributed by atoms with van der Waals surface area (Å²) >= 11 is 0. The molecule has 5 nitrogen and oxygen atoms in total. The highest BCUT2D eigenvalue weighted by Gasteiger charge is 2.02. The SMILES string of the molecule is N#CCCCCCCNCCCS(=O)(=O)O. The number of nitrogens with one attached hydrogen (secondary N) is 1. The van der Waals surface area contributed by atoms with Gasteiger partial charge in [-0.3, -0.25) is 4.55 Å². The van der Waals surface area contributed by atoms with Crippen molar-refractivity contribution >= 4 is 10.1 Å². The van der Waals surface area contributed by atoms with Gasteiger partial charge in [0.1, 0.15) is 0 Å². The second-order valence-electron chi connectivity index (χ2n) is 3.71. The van der Waals surface area contributed by atoms with Crippen molar-refractivity contribution in [3.63, 3.8) is 0 Å². The highest BCUT2D eigenvalue weighted by molar-refractivity contribution is 7.85. The van der Waals surface area contributed by atoms with E-state index in [9.17, 15) is 8.42 Å². The first-order chi connectivity index (χ1) is 7.56. The highest BCUT2D eigenvalue weighted by atomic mass is 32.2. The van der Waals surface area contributed by atoms with Crippen LogP contribution in [-0.4, -0.2) is 31.8 Å². The zero-order valence-corrected chi connectivity index (χ0v) is 10.3. The summed E-state index contributed by atoms with van der Waals surface area (Å²) in [5, 5.41) is 11.4. The summed E-state index contributed by atoms with van der Waals surface area (Å²) in [6.07, 6.45) is 5.22. The molecule has 0 aliphatic rings. The number of nitrogens with zero attached hydrogens (tertiary/aromatic N) is 1. The monoisotopic (exact) mass is 248 g/mol. The Bertz CT molecular complexity index is 296. The van der Waals surface area contributed by atoms with Gasteiger partial charge in [-0.25, -0.2) is 0 Å². The van der Waals surface area contributed by atoms with Crippen LogP contribution < -0.4 is 5.32 Å². The lowest BCUT2D eigenvalue weighted by Crippen LogP contribution is -2.19. The minimum atomic E-state index is -3.80. The Labute approximate surface area is 97.6 Å². The van der Waals surface area contributed by atoms with Gasteiger partial charge in [0.2, 0.25) is 0 Å². The molecule has 6 heteroatoms. The van der Waals surface area contributed by atoms with E-state index in [0.29, 0.717) is 19.4 Å². The Morgan fingerprint density at radius 2 is 1.69 bits per heavy atom. The summed E-state index contributed by atoms with van der Waals surface area (Å²) in [6.45, 7) is 1.47. The van der Waals surface area contributed by atoms with Crippen LogP contribution >= 0.6 is 0 Å². The van der Waals surface area contributed by atoms with Gasteiger partial charge in [0, 0.05) is 6.42 Å². The smallest absolute Gasteiger partial charge is 0.264 e. The molecule has 0 heterocycles. The molecule has 0 saturated heterocycles. The predicted molar refractivity (Wildman–Crippen MR) is 62.6 cm³/mol. The molecule has 0 unspecified atom stereocenters. The zero-order chi connectivity index (χ0) is 12.3. The minimum absolute atomic E-state index is 0.178. The number of hydrogen-bond donors (Lipinski definition) is 2. The average Bonchev–Trinajstić information content (AvgIpc) is 2.19. The van der Waals surface area contributed by atoms with Crippen LogP contribution in [0.4, 0.5) is 0 Å². The number of nitriles is 1. The van der Waals surface area contributed by atoms with Gasteiger partial charge in [-0.05, 0) is 32.4 Å². The summed E-state index contributed by atoms with van der Waals surface area (Å²) in [5.41, 5.74) is 0. The van der Waals surface area contributed by atoms with Gasteiger partial charge in [0.05, 0.1) is 11.8 Å². The number of hydrogen-bond acceptors (Lipinski definition) is 4. The summed E-state index contributed by atoms with van der Waals surface area (Å²) in [5.74, 6) is -0.178. The molecule has 0 atom stereocenters. The predicted octanol–water partition coefficient (Wildman–Crippen LogP) is 1.33. The largest absolute Gasteiger partial charge is 0.317 e. The lowest BCUT2D eigenvalue weighted by molar-refractivity contribution is 0.479. The molecule has 0 aromatic rings. The maximum absolute atomic E-state index is 10.4. The van der Waals surface area contributed by atoms with Gasteiger partial charge in [-0.15, -0.1) is 0 Å². The van der Waals surface area contributed by atoms with E-state index in [4.69, 9.17) is 9.81 Å². The van der Waals surface area contributed by atoms with Gasteiger partial charge >= 0.3 is 0 Å². The normalized spacial score (nSPS) is 11.2. The summed E-state index contributed by atoms with van der Waals surface area (Å²) in [4.78, 5) is 0. The van der Waals surface area contributed by atoms with E-state index >= 15 is 0 Å². The molecule has 0 spiro atoms. The van der Waals surface area contributed by atoms with E-state index in [1.807, 2.05) is 0 Å². The number of unbranched alkanes of at least 4 members (excludes halogenated alkanes) is 4. The maximum atomic E-state index is 10.4. The van der Waals surface area contributed by atoms with Crippen molar-refractivity contribution in [2.45, 2.75) is 38.5 Å². The molecule has 0 saturated carbocycles. The van der Waals surface area contributed by atoms with Crippen LogP contribution in [0.25, 0.3) is 0 Å². The van der Waals surface area contributed by atoms with Crippen LogP contribution in [0.3, 0.4) is 0 Å². The molecule has 0 aliphatic carbocycles. The molecule has 94 valence electrons. The molecule has 2 N–H and O–H groups in total.